The Balaban J connectivity index is 1.69. The fourth-order valence-electron chi connectivity index (χ4n) is 2.61. The van der Waals surface area contributed by atoms with Crippen LogP contribution in [-0.2, 0) is 19.1 Å². The molecule has 0 unspecified atom stereocenters. The van der Waals surface area contributed by atoms with E-state index in [1.807, 2.05) is 18.2 Å². The highest BCUT2D eigenvalue weighted by atomic mass is 16.7. The monoisotopic (exact) mass is 380 g/mol. The van der Waals surface area contributed by atoms with Crippen LogP contribution in [0.5, 0.6) is 0 Å². The van der Waals surface area contributed by atoms with Gasteiger partial charge in [-0.15, -0.1) is 0 Å². The van der Waals surface area contributed by atoms with E-state index in [0.29, 0.717) is 16.9 Å². The molecule has 1 saturated heterocycles. The number of cyclic esters (lactones) is 2. The molecule has 7 heteroatoms. The Bertz CT molecular complexity index is 911. The van der Waals surface area contributed by atoms with Crippen LogP contribution in [0.25, 0.3) is 0 Å². The molecular formula is C21H20N2O5. The van der Waals surface area contributed by atoms with Crippen molar-refractivity contribution in [1.29, 1.82) is 0 Å². The Labute approximate surface area is 162 Å². The Morgan fingerprint density at radius 2 is 1.54 bits per heavy atom. The normalized spacial score (nSPS) is 15.3. The summed E-state index contributed by atoms with van der Waals surface area (Å²) >= 11 is 0. The lowest BCUT2D eigenvalue weighted by Gasteiger charge is -2.29. The topological polar surface area (TPSA) is 84.9 Å². The highest BCUT2D eigenvalue weighted by Crippen LogP contribution is 2.23. The van der Waals surface area contributed by atoms with Gasteiger partial charge in [0.2, 0.25) is 0 Å². The summed E-state index contributed by atoms with van der Waals surface area (Å²) in [5, 5.41) is 2.86. The number of rotatable bonds is 4. The molecule has 1 heterocycles. The molecule has 0 bridgehead atoms. The summed E-state index contributed by atoms with van der Waals surface area (Å²) in [5.41, 5.74) is 1.70. The lowest BCUT2D eigenvalue weighted by Crippen LogP contribution is -2.42. The second-order valence-corrected chi connectivity index (χ2v) is 6.66. The van der Waals surface area contributed by atoms with Crippen molar-refractivity contribution in [1.82, 2.24) is 0 Å². The van der Waals surface area contributed by atoms with Gasteiger partial charge in [0.05, 0.1) is 0 Å². The van der Waals surface area contributed by atoms with Crippen LogP contribution in [0, 0.1) is 0 Å². The largest absolute Gasteiger partial charge is 0.419 e. The third-order valence-electron chi connectivity index (χ3n) is 4.08. The van der Waals surface area contributed by atoms with Crippen LogP contribution in [0.4, 0.5) is 11.4 Å². The van der Waals surface area contributed by atoms with E-state index < -0.39 is 17.7 Å². The van der Waals surface area contributed by atoms with E-state index in [-0.39, 0.29) is 11.5 Å². The zero-order valence-corrected chi connectivity index (χ0v) is 15.8. The first-order valence-corrected chi connectivity index (χ1v) is 8.63. The van der Waals surface area contributed by atoms with Gasteiger partial charge in [-0.25, -0.2) is 9.59 Å². The summed E-state index contributed by atoms with van der Waals surface area (Å²) < 4.78 is 10.1. The van der Waals surface area contributed by atoms with E-state index >= 15 is 0 Å². The van der Waals surface area contributed by atoms with Crippen molar-refractivity contribution < 1.29 is 23.9 Å². The summed E-state index contributed by atoms with van der Waals surface area (Å²) in [6.45, 7) is 2.97. The average Bonchev–Trinajstić information content (AvgIpc) is 2.66. The molecule has 2 aromatic rings. The number of amides is 1. The molecule has 2 aromatic carbocycles. The van der Waals surface area contributed by atoms with E-state index in [0.717, 1.165) is 0 Å². The summed E-state index contributed by atoms with van der Waals surface area (Å²) in [6.07, 6.45) is 1.24. The number of carbonyl (C=O) groups is 3. The molecular weight excluding hydrogens is 360 g/mol. The highest BCUT2D eigenvalue weighted by molar-refractivity contribution is 6.15. The van der Waals surface area contributed by atoms with Gasteiger partial charge in [0.1, 0.15) is 0 Å². The van der Waals surface area contributed by atoms with Gasteiger partial charge in [-0.3, -0.25) is 4.79 Å². The van der Waals surface area contributed by atoms with Gasteiger partial charge in [0, 0.05) is 44.0 Å². The molecule has 7 nitrogen and oxygen atoms in total. The van der Waals surface area contributed by atoms with Crippen molar-refractivity contribution in [2.75, 3.05) is 17.3 Å². The maximum atomic E-state index is 12.5. The maximum Gasteiger partial charge on any atom is 0.350 e. The lowest BCUT2D eigenvalue weighted by molar-refractivity contribution is -0.222. The van der Waals surface area contributed by atoms with Gasteiger partial charge in [0.25, 0.3) is 11.7 Å². The lowest BCUT2D eigenvalue weighted by atomic mass is 10.2. The quantitative estimate of drug-likeness (QED) is 0.498. The molecule has 0 spiro atoms. The predicted octanol–water partition coefficient (Wildman–Crippen LogP) is 3.10. The molecule has 1 amide bonds. The molecule has 28 heavy (non-hydrogen) atoms. The molecule has 0 aliphatic carbocycles. The van der Waals surface area contributed by atoms with Crippen LogP contribution in [0.1, 0.15) is 24.2 Å². The van der Waals surface area contributed by atoms with Gasteiger partial charge >= 0.3 is 11.9 Å². The minimum atomic E-state index is -1.27. The third kappa shape index (κ3) is 4.20. The number of benzene rings is 2. The van der Waals surface area contributed by atoms with Crippen molar-refractivity contribution >= 4 is 29.2 Å². The Morgan fingerprint density at radius 1 is 0.964 bits per heavy atom. The van der Waals surface area contributed by atoms with E-state index in [1.54, 1.807) is 43.4 Å². The minimum absolute atomic E-state index is 0.126. The molecule has 144 valence electrons. The fourth-order valence-corrected chi connectivity index (χ4v) is 2.61. The number of carbonyl (C=O) groups excluding carboxylic acids is 3. The van der Waals surface area contributed by atoms with Crippen LogP contribution < -0.4 is 10.2 Å². The molecule has 0 saturated carbocycles. The molecule has 1 fully saturated rings. The number of nitrogens with zero attached hydrogens (tertiary/aromatic N) is 1. The van der Waals surface area contributed by atoms with E-state index in [2.05, 4.69) is 5.32 Å². The first-order chi connectivity index (χ1) is 13.3. The predicted molar refractivity (Wildman–Crippen MR) is 104 cm³/mol. The van der Waals surface area contributed by atoms with Crippen LogP contribution in [0.3, 0.4) is 0 Å². The average molecular weight is 380 g/mol. The first kappa shape index (κ1) is 19.2. The summed E-state index contributed by atoms with van der Waals surface area (Å²) in [4.78, 5) is 37.9. The first-order valence-electron chi connectivity index (χ1n) is 8.63. The summed E-state index contributed by atoms with van der Waals surface area (Å²) in [6, 6.07) is 15.9. The van der Waals surface area contributed by atoms with Gasteiger partial charge in [-0.2, -0.15) is 0 Å². The van der Waals surface area contributed by atoms with E-state index in [4.69, 9.17) is 9.47 Å². The number of ether oxygens (including phenoxy) is 2. The fraction of sp³-hybridized carbons (Fsp3) is 0.190. The number of esters is 2. The second-order valence-electron chi connectivity index (χ2n) is 6.66. The van der Waals surface area contributed by atoms with Crippen LogP contribution in [0.15, 0.2) is 66.4 Å². The number of hydrogen-bond donors (Lipinski definition) is 1. The van der Waals surface area contributed by atoms with Gasteiger partial charge in [0.15, 0.2) is 5.57 Å². The van der Waals surface area contributed by atoms with Gasteiger partial charge in [-0.1, -0.05) is 18.2 Å². The van der Waals surface area contributed by atoms with Crippen molar-refractivity contribution in [3.8, 4) is 0 Å². The minimum Gasteiger partial charge on any atom is -0.419 e. The van der Waals surface area contributed by atoms with E-state index in [1.165, 1.54) is 24.9 Å². The molecule has 0 atom stereocenters. The highest BCUT2D eigenvalue weighted by Gasteiger charge is 2.38. The van der Waals surface area contributed by atoms with Gasteiger partial charge in [-0.05, 0) is 36.4 Å². The Hall–Kier alpha value is -3.61. The van der Waals surface area contributed by atoms with Crippen LogP contribution in [0.2, 0.25) is 0 Å². The third-order valence-corrected chi connectivity index (χ3v) is 4.08. The number of nitrogens with one attached hydrogen (secondary N) is 1. The number of hydrogen-bond acceptors (Lipinski definition) is 6. The van der Waals surface area contributed by atoms with Gasteiger partial charge < -0.3 is 19.7 Å². The molecule has 1 aliphatic heterocycles. The molecule has 0 radical (unpaired) electrons. The smallest absolute Gasteiger partial charge is 0.350 e. The standard InChI is InChI=1S/C21H20N2O5/c1-21(2)27-19(25)17(20(26)28-21)13-22-15-9-11-16(12-10-15)23(3)18(24)14-7-5-4-6-8-14/h4-13,22H,1-3H3. The van der Waals surface area contributed by atoms with E-state index in [9.17, 15) is 14.4 Å². The summed E-state index contributed by atoms with van der Waals surface area (Å²) in [5.74, 6) is -2.90. The van der Waals surface area contributed by atoms with Crippen LogP contribution >= 0.6 is 0 Å². The number of anilines is 2. The molecule has 0 aromatic heterocycles. The molecule has 3 rings (SSSR count). The zero-order chi connectivity index (χ0) is 20.3. The Kier molecular flexibility index (Phi) is 5.17. The molecule has 1 N–H and O–H groups in total. The zero-order valence-electron chi connectivity index (χ0n) is 15.8. The van der Waals surface area contributed by atoms with Crippen molar-refractivity contribution in [3.05, 3.63) is 71.9 Å². The van der Waals surface area contributed by atoms with Crippen LogP contribution in [-0.4, -0.2) is 30.7 Å². The van der Waals surface area contributed by atoms with Crippen molar-refractivity contribution in [2.24, 2.45) is 0 Å². The van der Waals surface area contributed by atoms with Crippen molar-refractivity contribution in [2.45, 2.75) is 19.6 Å². The molecule has 1 aliphatic rings. The van der Waals surface area contributed by atoms with Crippen molar-refractivity contribution in [3.63, 3.8) is 0 Å². The SMILES string of the molecule is CN(C(=O)c1ccccc1)c1ccc(NC=C2C(=O)OC(C)(C)OC2=O)cc1. The second kappa shape index (κ2) is 7.56. The maximum absolute atomic E-state index is 12.5. The Morgan fingerprint density at radius 3 is 2.11 bits per heavy atom. The summed E-state index contributed by atoms with van der Waals surface area (Å²) in [7, 11) is 1.69.